The molecule has 1 amide bonds. The van der Waals surface area contributed by atoms with Gasteiger partial charge in [0.2, 0.25) is 0 Å². The third-order valence-corrected chi connectivity index (χ3v) is 7.38. The topological polar surface area (TPSA) is 112 Å². The van der Waals surface area contributed by atoms with Crippen molar-refractivity contribution in [1.29, 1.82) is 0 Å². The third-order valence-electron chi connectivity index (χ3n) is 6.19. The first-order chi connectivity index (χ1) is 19.4. The number of nitrogens with zero attached hydrogens (tertiary/aromatic N) is 3. The fraction of sp³-hybridized carbons (Fsp3) is 0.321. The number of hydrogen-bond donors (Lipinski definition) is 1. The molecular formula is C28H27F3N4O5S. The number of anilines is 1. The van der Waals surface area contributed by atoms with Gasteiger partial charge in [0, 0.05) is 5.56 Å². The van der Waals surface area contributed by atoms with Crippen LogP contribution in [0.2, 0.25) is 0 Å². The minimum absolute atomic E-state index is 0.00143. The monoisotopic (exact) mass is 588 g/mol. The molecule has 0 bridgehead atoms. The number of nitrogens with one attached hydrogen (secondary N) is 1. The van der Waals surface area contributed by atoms with E-state index in [0.717, 1.165) is 29.2 Å². The smallest absolute Gasteiger partial charge is 0.433 e. The van der Waals surface area contributed by atoms with E-state index in [4.69, 9.17) is 9.47 Å². The molecule has 0 radical (unpaired) electrons. The molecule has 0 saturated carbocycles. The lowest BCUT2D eigenvalue weighted by Gasteiger charge is -2.12. The highest BCUT2D eigenvalue weighted by Gasteiger charge is 2.36. The summed E-state index contributed by atoms with van der Waals surface area (Å²) in [6.45, 7) is 8.85. The molecule has 4 aromatic rings. The second kappa shape index (κ2) is 11.7. The van der Waals surface area contributed by atoms with Gasteiger partial charge in [-0.05, 0) is 43.9 Å². The number of hydrogen-bond acceptors (Lipinski definition) is 8. The molecule has 0 aliphatic rings. The van der Waals surface area contributed by atoms with Crippen molar-refractivity contribution in [2.75, 3.05) is 18.5 Å². The summed E-state index contributed by atoms with van der Waals surface area (Å²) in [4.78, 5) is 43.0. The number of esters is 2. The Kier molecular flexibility index (Phi) is 8.47. The van der Waals surface area contributed by atoms with Gasteiger partial charge in [0.05, 0.1) is 30.7 Å². The Morgan fingerprint density at radius 2 is 1.68 bits per heavy atom. The lowest BCUT2D eigenvalue weighted by atomic mass is 10.0. The van der Waals surface area contributed by atoms with Gasteiger partial charge in [-0.3, -0.25) is 4.79 Å². The third kappa shape index (κ3) is 5.94. The van der Waals surface area contributed by atoms with Gasteiger partial charge in [0.1, 0.15) is 15.4 Å². The van der Waals surface area contributed by atoms with E-state index in [1.54, 1.807) is 38.1 Å². The van der Waals surface area contributed by atoms with E-state index in [1.165, 1.54) is 6.92 Å². The lowest BCUT2D eigenvalue weighted by Crippen LogP contribution is -2.17. The van der Waals surface area contributed by atoms with Crippen molar-refractivity contribution in [1.82, 2.24) is 14.6 Å². The van der Waals surface area contributed by atoms with Crippen molar-refractivity contribution in [3.8, 4) is 11.3 Å². The summed E-state index contributed by atoms with van der Waals surface area (Å²) in [6.07, 6.45) is -3.83. The first-order valence-electron chi connectivity index (χ1n) is 12.7. The Morgan fingerprint density at radius 1 is 1.05 bits per heavy atom. The highest BCUT2D eigenvalue weighted by atomic mass is 32.1. The summed E-state index contributed by atoms with van der Waals surface area (Å²) in [5.74, 6) is -2.13. The molecule has 1 aromatic carbocycles. The number of carbonyl (C=O) groups is 3. The van der Waals surface area contributed by atoms with Gasteiger partial charge < -0.3 is 14.8 Å². The van der Waals surface area contributed by atoms with Crippen LogP contribution in [-0.2, 0) is 15.7 Å². The molecule has 0 aliphatic heterocycles. The SMILES string of the molecule is CCOC(=O)c1sc(NC(=O)c2cnn3c(C(F)(F)F)cc(-c4ccc(C(C)C)cc4)nc23)c(C(=O)OCC)c1C. The molecule has 13 heteroatoms. The second-order valence-corrected chi connectivity index (χ2v) is 10.3. The maximum absolute atomic E-state index is 14.1. The van der Waals surface area contributed by atoms with Crippen molar-refractivity contribution in [3.05, 3.63) is 69.4 Å². The number of rotatable bonds is 8. The number of thiophene rings is 1. The van der Waals surface area contributed by atoms with Gasteiger partial charge in [-0.25, -0.2) is 19.1 Å². The number of benzene rings is 1. The molecule has 0 saturated heterocycles. The average molecular weight is 589 g/mol. The Hall–Kier alpha value is -4.26. The standard InChI is InChI=1S/C28H27F3N4O5S/c1-6-39-26(37)21-15(5)22(27(38)40-7-2)41-25(21)34-24(36)18-13-32-35-20(28(29,30)31)12-19(33-23(18)35)17-10-8-16(9-11-17)14(3)4/h8-14H,6-7H2,1-5H3,(H,34,36). The van der Waals surface area contributed by atoms with E-state index in [9.17, 15) is 27.6 Å². The zero-order valence-electron chi connectivity index (χ0n) is 22.9. The number of carbonyl (C=O) groups excluding carboxylic acids is 3. The van der Waals surface area contributed by atoms with Crippen LogP contribution >= 0.6 is 11.3 Å². The second-order valence-electron chi connectivity index (χ2n) is 9.25. The minimum atomic E-state index is -4.80. The van der Waals surface area contributed by atoms with Crippen LogP contribution in [0.1, 0.15) is 80.8 Å². The van der Waals surface area contributed by atoms with Gasteiger partial charge in [-0.15, -0.1) is 11.3 Å². The molecule has 41 heavy (non-hydrogen) atoms. The van der Waals surface area contributed by atoms with Crippen LogP contribution in [-0.4, -0.2) is 45.7 Å². The number of alkyl halides is 3. The minimum Gasteiger partial charge on any atom is -0.462 e. The molecule has 0 atom stereocenters. The summed E-state index contributed by atoms with van der Waals surface area (Å²) >= 11 is 0.795. The number of aromatic nitrogens is 3. The largest absolute Gasteiger partial charge is 0.462 e. The van der Waals surface area contributed by atoms with Crippen LogP contribution in [0.3, 0.4) is 0 Å². The molecule has 1 N–H and O–H groups in total. The maximum Gasteiger partial charge on any atom is 0.433 e. The van der Waals surface area contributed by atoms with E-state index in [-0.39, 0.29) is 57.0 Å². The van der Waals surface area contributed by atoms with Crippen LogP contribution < -0.4 is 5.32 Å². The van der Waals surface area contributed by atoms with Crippen LogP contribution in [0.4, 0.5) is 18.2 Å². The highest BCUT2D eigenvalue weighted by Crippen LogP contribution is 2.36. The van der Waals surface area contributed by atoms with Gasteiger partial charge in [-0.2, -0.15) is 18.3 Å². The molecule has 0 fully saturated rings. The van der Waals surface area contributed by atoms with Crippen molar-refractivity contribution in [2.24, 2.45) is 0 Å². The average Bonchev–Trinajstić information content (AvgIpc) is 3.48. The number of amides is 1. The van der Waals surface area contributed by atoms with Gasteiger partial charge in [0.15, 0.2) is 11.3 Å². The Morgan fingerprint density at radius 3 is 2.27 bits per heavy atom. The number of fused-ring (bicyclic) bond motifs is 1. The van der Waals surface area contributed by atoms with E-state index in [1.807, 2.05) is 13.8 Å². The summed E-state index contributed by atoms with van der Waals surface area (Å²) in [7, 11) is 0. The van der Waals surface area contributed by atoms with Crippen molar-refractivity contribution >= 4 is 39.8 Å². The van der Waals surface area contributed by atoms with Gasteiger partial charge in [-0.1, -0.05) is 38.1 Å². The van der Waals surface area contributed by atoms with Crippen LogP contribution in [0.25, 0.3) is 16.9 Å². The fourth-order valence-corrected chi connectivity index (χ4v) is 5.21. The molecule has 0 spiro atoms. The quantitative estimate of drug-likeness (QED) is 0.234. The van der Waals surface area contributed by atoms with Crippen LogP contribution in [0.15, 0.2) is 36.5 Å². The Labute approximate surface area is 237 Å². The number of halogens is 3. The predicted molar refractivity (Wildman–Crippen MR) is 146 cm³/mol. The number of ether oxygens (including phenoxy) is 2. The Balaban J connectivity index is 1.81. The van der Waals surface area contributed by atoms with Crippen molar-refractivity contribution < 1.29 is 37.0 Å². The van der Waals surface area contributed by atoms with Gasteiger partial charge >= 0.3 is 18.1 Å². The van der Waals surface area contributed by atoms with Crippen molar-refractivity contribution in [3.63, 3.8) is 0 Å². The van der Waals surface area contributed by atoms with Crippen molar-refractivity contribution in [2.45, 2.75) is 46.7 Å². The first-order valence-corrected chi connectivity index (χ1v) is 13.5. The molecule has 3 aromatic heterocycles. The molecular weight excluding hydrogens is 561 g/mol. The fourth-order valence-electron chi connectivity index (χ4n) is 4.12. The lowest BCUT2D eigenvalue weighted by molar-refractivity contribution is -0.142. The van der Waals surface area contributed by atoms with E-state index in [2.05, 4.69) is 15.4 Å². The molecule has 3 heterocycles. The zero-order valence-corrected chi connectivity index (χ0v) is 23.7. The first kappa shape index (κ1) is 29.7. The van der Waals surface area contributed by atoms with Gasteiger partial charge in [0.25, 0.3) is 5.91 Å². The van der Waals surface area contributed by atoms with E-state index >= 15 is 0 Å². The molecule has 0 aliphatic carbocycles. The summed E-state index contributed by atoms with van der Waals surface area (Å²) in [5, 5.41) is 6.31. The predicted octanol–water partition coefficient (Wildman–Crippen LogP) is 6.51. The normalized spacial score (nSPS) is 11.6. The maximum atomic E-state index is 14.1. The van der Waals surface area contributed by atoms with E-state index < -0.39 is 29.7 Å². The summed E-state index contributed by atoms with van der Waals surface area (Å²) < 4.78 is 52.9. The van der Waals surface area contributed by atoms with Crippen LogP contribution in [0.5, 0.6) is 0 Å². The van der Waals surface area contributed by atoms with Crippen LogP contribution in [0, 0.1) is 6.92 Å². The zero-order chi connectivity index (χ0) is 30.1. The molecule has 9 nitrogen and oxygen atoms in total. The van der Waals surface area contributed by atoms with E-state index in [0.29, 0.717) is 10.1 Å². The highest BCUT2D eigenvalue weighted by molar-refractivity contribution is 7.18. The summed E-state index contributed by atoms with van der Waals surface area (Å²) in [6, 6.07) is 7.82. The molecule has 216 valence electrons. The molecule has 0 unspecified atom stereocenters. The summed E-state index contributed by atoms with van der Waals surface area (Å²) in [5.41, 5.74) is -0.113. The molecule has 4 rings (SSSR count). The Bertz CT molecular complexity index is 1620.